The van der Waals surface area contributed by atoms with Gasteiger partial charge in [-0.3, -0.25) is 14.6 Å². The summed E-state index contributed by atoms with van der Waals surface area (Å²) in [4.78, 5) is 28.9. The monoisotopic (exact) mass is 441 g/mol. The highest BCUT2D eigenvalue weighted by atomic mass is 32.2. The highest BCUT2D eigenvalue weighted by molar-refractivity contribution is 7.99. The number of hydrogen-bond donors (Lipinski definition) is 2. The lowest BCUT2D eigenvalue weighted by Gasteiger charge is -2.13. The van der Waals surface area contributed by atoms with Gasteiger partial charge in [-0.15, -0.1) is 5.10 Å². The molecule has 1 saturated carbocycles. The van der Waals surface area contributed by atoms with E-state index in [1.807, 2.05) is 0 Å². The molecule has 2 aromatic heterocycles. The fourth-order valence-electron chi connectivity index (χ4n) is 3.39. The van der Waals surface area contributed by atoms with Crippen LogP contribution in [0, 0.1) is 5.82 Å². The van der Waals surface area contributed by atoms with Crippen LogP contribution in [0.3, 0.4) is 0 Å². The van der Waals surface area contributed by atoms with Gasteiger partial charge in [-0.05, 0) is 53.6 Å². The lowest BCUT2D eigenvalue weighted by atomic mass is 10.2. The van der Waals surface area contributed by atoms with Gasteiger partial charge in [0.1, 0.15) is 11.5 Å². The van der Waals surface area contributed by atoms with Gasteiger partial charge in [-0.25, -0.2) is 9.07 Å². The molecule has 0 atom stereocenters. The fraction of sp³-hybridized carbons (Fsp3) is 0.300. The Balaban J connectivity index is 1.41. The molecule has 1 fully saturated rings. The third-order valence-electron chi connectivity index (χ3n) is 4.87. The third kappa shape index (κ3) is 5.23. The molecule has 0 spiro atoms. The number of benzene rings is 1. The van der Waals surface area contributed by atoms with E-state index < -0.39 is 11.7 Å². The van der Waals surface area contributed by atoms with Crippen molar-refractivity contribution in [3.63, 3.8) is 0 Å². The third-order valence-corrected chi connectivity index (χ3v) is 5.80. The van der Waals surface area contributed by atoms with Gasteiger partial charge in [-0.1, -0.05) is 30.7 Å². The molecular weight excluding hydrogens is 421 g/mol. The maximum absolute atomic E-state index is 13.8. The Bertz CT molecular complexity index is 1070. The Labute approximate surface area is 181 Å². The Morgan fingerprint density at radius 2 is 1.97 bits per heavy atom. The van der Waals surface area contributed by atoms with E-state index in [2.05, 4.69) is 31.1 Å². The van der Waals surface area contributed by atoms with Crippen molar-refractivity contribution in [2.24, 2.45) is 0 Å². The summed E-state index contributed by atoms with van der Waals surface area (Å²) in [6.45, 7) is 0. The Morgan fingerprint density at radius 1 is 1.13 bits per heavy atom. The largest absolute Gasteiger partial charge is 0.323 e. The van der Waals surface area contributed by atoms with Crippen LogP contribution < -0.4 is 10.6 Å². The van der Waals surface area contributed by atoms with Gasteiger partial charge < -0.3 is 10.6 Å². The van der Waals surface area contributed by atoms with E-state index in [1.54, 1.807) is 22.9 Å². The first-order valence-electron chi connectivity index (χ1n) is 9.82. The van der Waals surface area contributed by atoms with Crippen LogP contribution >= 0.6 is 11.8 Å². The summed E-state index contributed by atoms with van der Waals surface area (Å²) in [5, 5.41) is 17.6. The van der Waals surface area contributed by atoms with Crippen LogP contribution in [0.15, 0.2) is 47.8 Å². The molecule has 2 amide bonds. The summed E-state index contributed by atoms with van der Waals surface area (Å²) >= 11 is 1.21. The molecule has 11 heteroatoms. The molecule has 3 aromatic rings. The van der Waals surface area contributed by atoms with E-state index in [1.165, 1.54) is 30.1 Å². The number of pyridine rings is 1. The van der Waals surface area contributed by atoms with Crippen molar-refractivity contribution >= 4 is 35.0 Å². The predicted molar refractivity (Wildman–Crippen MR) is 113 cm³/mol. The quantitative estimate of drug-likeness (QED) is 0.541. The number of nitrogens with zero attached hydrogens (tertiary/aromatic N) is 5. The summed E-state index contributed by atoms with van der Waals surface area (Å²) in [5.74, 6) is -1.33. The second-order valence-corrected chi connectivity index (χ2v) is 7.98. The second-order valence-electron chi connectivity index (χ2n) is 7.04. The molecule has 1 aromatic carbocycles. The van der Waals surface area contributed by atoms with Crippen molar-refractivity contribution in [1.82, 2.24) is 25.2 Å². The molecule has 2 heterocycles. The van der Waals surface area contributed by atoms with Crippen LogP contribution in [0.4, 0.5) is 15.8 Å². The molecule has 0 aliphatic heterocycles. The summed E-state index contributed by atoms with van der Waals surface area (Å²) in [5.41, 5.74) is 0.634. The van der Waals surface area contributed by atoms with Gasteiger partial charge in [0, 0.05) is 6.20 Å². The number of tetrazole rings is 1. The lowest BCUT2D eigenvalue weighted by molar-refractivity contribution is -0.113. The first-order valence-corrected chi connectivity index (χ1v) is 10.8. The Kier molecular flexibility index (Phi) is 6.51. The van der Waals surface area contributed by atoms with Crippen molar-refractivity contribution < 1.29 is 14.0 Å². The molecule has 4 rings (SSSR count). The molecular formula is C20H20FN7O2S. The number of anilines is 2. The number of halogens is 1. The highest BCUT2D eigenvalue weighted by Gasteiger charge is 2.22. The van der Waals surface area contributed by atoms with Gasteiger partial charge in [0.25, 0.3) is 5.91 Å². The van der Waals surface area contributed by atoms with Gasteiger partial charge >= 0.3 is 0 Å². The second kappa shape index (κ2) is 9.65. The number of carbonyl (C=O) groups excluding carboxylic acids is 2. The van der Waals surface area contributed by atoms with Gasteiger partial charge in [-0.2, -0.15) is 0 Å². The molecule has 31 heavy (non-hydrogen) atoms. The summed E-state index contributed by atoms with van der Waals surface area (Å²) in [6.07, 6.45) is 5.82. The summed E-state index contributed by atoms with van der Waals surface area (Å²) in [6, 6.07) is 8.94. The average molecular weight is 441 g/mol. The molecule has 0 unspecified atom stereocenters. The van der Waals surface area contributed by atoms with E-state index in [-0.39, 0.29) is 34.8 Å². The number of hydrogen-bond acceptors (Lipinski definition) is 7. The number of aromatic nitrogens is 5. The Morgan fingerprint density at radius 3 is 2.74 bits per heavy atom. The van der Waals surface area contributed by atoms with Gasteiger partial charge in [0.2, 0.25) is 11.1 Å². The molecule has 9 nitrogen and oxygen atoms in total. The zero-order valence-corrected chi connectivity index (χ0v) is 17.3. The van der Waals surface area contributed by atoms with E-state index >= 15 is 0 Å². The SMILES string of the molecule is O=C(CSc1nnnn1C1CCCC1)Nc1cc(F)ccc1NC(=O)c1ccccn1. The highest BCUT2D eigenvalue weighted by Crippen LogP contribution is 2.31. The average Bonchev–Trinajstić information content (AvgIpc) is 3.46. The van der Waals surface area contributed by atoms with E-state index in [0.717, 1.165) is 31.7 Å². The Hall–Kier alpha value is -3.34. The maximum atomic E-state index is 13.8. The van der Waals surface area contributed by atoms with Crippen molar-refractivity contribution in [1.29, 1.82) is 0 Å². The standard InChI is InChI=1S/C20H20FN7O2S/c21-13-8-9-15(24-19(30)16-7-3-4-10-22-16)17(11-13)23-18(29)12-31-20-25-26-27-28(20)14-5-1-2-6-14/h3-4,7-11,14H,1-2,5-6,12H2,(H,23,29)(H,24,30). The van der Waals surface area contributed by atoms with E-state index in [4.69, 9.17) is 0 Å². The molecule has 160 valence electrons. The first-order chi connectivity index (χ1) is 15.1. The fourth-order valence-corrected chi connectivity index (χ4v) is 4.13. The van der Waals surface area contributed by atoms with Crippen molar-refractivity contribution in [2.75, 3.05) is 16.4 Å². The van der Waals surface area contributed by atoms with Crippen LogP contribution in [0.2, 0.25) is 0 Å². The number of carbonyl (C=O) groups is 2. The molecule has 0 radical (unpaired) electrons. The zero-order chi connectivity index (χ0) is 21.6. The van der Waals surface area contributed by atoms with Crippen LogP contribution in [0.25, 0.3) is 0 Å². The molecule has 2 N–H and O–H groups in total. The van der Waals surface area contributed by atoms with Crippen LogP contribution in [0.1, 0.15) is 42.2 Å². The van der Waals surface area contributed by atoms with Crippen molar-refractivity contribution in [3.8, 4) is 0 Å². The zero-order valence-electron chi connectivity index (χ0n) is 16.5. The molecule has 0 saturated heterocycles. The topological polar surface area (TPSA) is 115 Å². The smallest absolute Gasteiger partial charge is 0.274 e. The van der Waals surface area contributed by atoms with Crippen molar-refractivity contribution in [2.45, 2.75) is 36.9 Å². The molecule has 1 aliphatic carbocycles. The van der Waals surface area contributed by atoms with Crippen LogP contribution in [-0.2, 0) is 4.79 Å². The van der Waals surface area contributed by atoms with Gasteiger partial charge in [0.05, 0.1) is 23.2 Å². The minimum Gasteiger partial charge on any atom is -0.323 e. The maximum Gasteiger partial charge on any atom is 0.274 e. The minimum atomic E-state index is -0.538. The predicted octanol–water partition coefficient (Wildman–Crippen LogP) is 3.31. The number of rotatable bonds is 7. The minimum absolute atomic E-state index is 0.0389. The number of amides is 2. The number of thioether (sulfide) groups is 1. The summed E-state index contributed by atoms with van der Waals surface area (Å²) < 4.78 is 15.6. The summed E-state index contributed by atoms with van der Waals surface area (Å²) in [7, 11) is 0. The first kappa shape index (κ1) is 20.9. The van der Waals surface area contributed by atoms with Gasteiger partial charge in [0.15, 0.2) is 0 Å². The van der Waals surface area contributed by atoms with Crippen LogP contribution in [-0.4, -0.2) is 42.8 Å². The number of nitrogens with one attached hydrogen (secondary N) is 2. The molecule has 1 aliphatic rings. The van der Waals surface area contributed by atoms with Crippen LogP contribution in [0.5, 0.6) is 0 Å². The van der Waals surface area contributed by atoms with E-state index in [9.17, 15) is 14.0 Å². The van der Waals surface area contributed by atoms with Crippen molar-refractivity contribution in [3.05, 3.63) is 54.1 Å². The lowest BCUT2D eigenvalue weighted by Crippen LogP contribution is -2.19. The van der Waals surface area contributed by atoms with E-state index in [0.29, 0.717) is 5.16 Å². The normalized spacial score (nSPS) is 13.8. The molecule has 0 bridgehead atoms.